The third-order valence-electron chi connectivity index (χ3n) is 8.86. The van der Waals surface area contributed by atoms with Crippen LogP contribution in [0.3, 0.4) is 0 Å². The molecule has 210 valence electrons. The monoisotopic (exact) mass is 567 g/mol. The van der Waals surface area contributed by atoms with Crippen LogP contribution in [0.1, 0.15) is 21.5 Å². The predicted molar refractivity (Wildman–Crippen MR) is 181 cm³/mol. The summed E-state index contributed by atoms with van der Waals surface area (Å²) in [5.74, 6) is -0.902. The molecule has 1 aliphatic heterocycles. The average molecular weight is 568 g/mol. The normalized spacial score (nSPS) is 12.5. The second-order valence-electron chi connectivity index (χ2n) is 11.4. The van der Waals surface area contributed by atoms with Crippen LogP contribution in [0, 0.1) is 0 Å². The Hall–Kier alpha value is -5.51. The number of hydrogen-bond acceptors (Lipinski definition) is 2. The molecule has 44 heavy (non-hydrogen) atoms. The number of fused-ring (bicyclic) bond motifs is 7. The van der Waals surface area contributed by atoms with Crippen molar-refractivity contribution in [1.82, 2.24) is 5.32 Å². The van der Waals surface area contributed by atoms with Crippen molar-refractivity contribution >= 4 is 27.5 Å². The van der Waals surface area contributed by atoms with Gasteiger partial charge in [-0.25, -0.2) is 4.79 Å². The van der Waals surface area contributed by atoms with Crippen LogP contribution in [-0.4, -0.2) is 11.1 Å². The lowest BCUT2D eigenvalue weighted by Gasteiger charge is -2.21. The maximum absolute atomic E-state index is 12.6. The van der Waals surface area contributed by atoms with Gasteiger partial charge in [-0.2, -0.15) is 0 Å². The minimum Gasteiger partial charge on any atom is -0.478 e. The zero-order valence-corrected chi connectivity index (χ0v) is 24.0. The van der Waals surface area contributed by atoms with Crippen LogP contribution >= 0.6 is 0 Å². The molecule has 0 fully saturated rings. The van der Waals surface area contributed by atoms with Gasteiger partial charge >= 0.3 is 5.97 Å². The summed E-state index contributed by atoms with van der Waals surface area (Å²) in [5.41, 5.74) is 11.4. The fourth-order valence-electron chi connectivity index (χ4n) is 6.86. The molecule has 0 radical (unpaired) electrons. The van der Waals surface area contributed by atoms with Crippen molar-refractivity contribution in [2.45, 2.75) is 13.1 Å². The largest absolute Gasteiger partial charge is 0.478 e. The van der Waals surface area contributed by atoms with E-state index < -0.39 is 5.97 Å². The first-order valence-electron chi connectivity index (χ1n) is 15.0. The Morgan fingerprint density at radius 2 is 0.977 bits per heavy atom. The maximum atomic E-state index is 12.6. The summed E-state index contributed by atoms with van der Waals surface area (Å²) in [7, 11) is 0. The Morgan fingerprint density at radius 1 is 0.500 bits per heavy atom. The molecule has 2 N–H and O–H groups in total. The van der Waals surface area contributed by atoms with Gasteiger partial charge in [-0.1, -0.05) is 109 Å². The Bertz CT molecular complexity index is 2160. The minimum atomic E-state index is -0.902. The highest BCUT2D eigenvalue weighted by Crippen LogP contribution is 2.46. The summed E-state index contributed by atoms with van der Waals surface area (Å²) < 4.78 is 0. The van der Waals surface area contributed by atoms with E-state index in [1.165, 1.54) is 16.7 Å². The number of nitrogens with one attached hydrogen (secondary N) is 1. The molecule has 0 spiro atoms. The number of carbonyl (C=O) groups is 1. The van der Waals surface area contributed by atoms with Gasteiger partial charge in [-0.15, -0.1) is 0 Å². The predicted octanol–water partition coefficient (Wildman–Crippen LogP) is 9.96. The molecule has 0 unspecified atom stereocenters. The molecule has 0 saturated carbocycles. The van der Waals surface area contributed by atoms with Gasteiger partial charge in [0.25, 0.3) is 0 Å². The van der Waals surface area contributed by atoms with Crippen molar-refractivity contribution in [3.63, 3.8) is 0 Å². The molecule has 1 aliphatic rings. The number of rotatable bonds is 4. The molecule has 0 bridgehead atoms. The number of hydrogen-bond donors (Lipinski definition) is 2. The van der Waals surface area contributed by atoms with Gasteiger partial charge in [0.2, 0.25) is 0 Å². The van der Waals surface area contributed by atoms with Gasteiger partial charge in [-0.3, -0.25) is 0 Å². The van der Waals surface area contributed by atoms with Gasteiger partial charge < -0.3 is 10.4 Å². The molecule has 0 aromatic heterocycles. The van der Waals surface area contributed by atoms with Crippen molar-refractivity contribution < 1.29 is 9.90 Å². The Balaban J connectivity index is 1.49. The summed E-state index contributed by atoms with van der Waals surface area (Å²) in [5, 5.41) is 18.2. The molecule has 1 heterocycles. The zero-order valence-electron chi connectivity index (χ0n) is 24.0. The van der Waals surface area contributed by atoms with E-state index >= 15 is 0 Å². The second kappa shape index (κ2) is 10.6. The zero-order chi connectivity index (χ0) is 29.6. The van der Waals surface area contributed by atoms with Crippen LogP contribution in [0.5, 0.6) is 0 Å². The van der Waals surface area contributed by atoms with Crippen LogP contribution in [0.4, 0.5) is 0 Å². The molecule has 3 heteroatoms. The molecule has 8 rings (SSSR count). The molecule has 7 aromatic carbocycles. The molecule has 7 aromatic rings. The first-order valence-corrected chi connectivity index (χ1v) is 15.0. The van der Waals surface area contributed by atoms with Gasteiger partial charge in [0.15, 0.2) is 0 Å². The summed E-state index contributed by atoms with van der Waals surface area (Å²) in [6.45, 7) is 1.09. The molecule has 0 saturated heterocycles. The van der Waals surface area contributed by atoms with Gasteiger partial charge in [0.1, 0.15) is 0 Å². The molecular formula is C41H29NO2. The Morgan fingerprint density at radius 3 is 1.57 bits per heavy atom. The van der Waals surface area contributed by atoms with Crippen molar-refractivity contribution in [1.29, 1.82) is 0 Å². The summed E-state index contributed by atoms with van der Waals surface area (Å²) in [4.78, 5) is 12.6. The second-order valence-corrected chi connectivity index (χ2v) is 11.4. The topological polar surface area (TPSA) is 49.3 Å². The Kier molecular flexibility index (Phi) is 6.32. The lowest BCUT2D eigenvalue weighted by Crippen LogP contribution is -2.14. The van der Waals surface area contributed by atoms with E-state index in [4.69, 9.17) is 0 Å². The summed E-state index contributed by atoms with van der Waals surface area (Å²) in [6, 6.07) is 48.7. The number of carboxylic acid groups (broad SMARTS) is 1. The van der Waals surface area contributed by atoms with E-state index in [1.807, 2.05) is 36.4 Å². The fraction of sp³-hybridized carbons (Fsp3) is 0.0488. The molecule has 3 nitrogen and oxygen atoms in total. The van der Waals surface area contributed by atoms with E-state index in [1.54, 1.807) is 0 Å². The highest BCUT2D eigenvalue weighted by molar-refractivity contribution is 6.13. The minimum absolute atomic E-state index is 0.353. The van der Waals surface area contributed by atoms with Crippen LogP contribution in [0.15, 0.2) is 140 Å². The smallest absolute Gasteiger partial charge is 0.336 e. The van der Waals surface area contributed by atoms with Crippen LogP contribution in [0.25, 0.3) is 66.1 Å². The lowest BCUT2D eigenvalue weighted by atomic mass is 9.82. The van der Waals surface area contributed by atoms with Gasteiger partial charge in [0.05, 0.1) is 5.56 Å². The van der Waals surface area contributed by atoms with Crippen molar-refractivity contribution in [2.75, 3.05) is 0 Å². The van der Waals surface area contributed by atoms with Crippen molar-refractivity contribution in [3.8, 4) is 44.5 Å². The Labute approximate surface area is 256 Å². The third-order valence-corrected chi connectivity index (χ3v) is 8.86. The number of carboxylic acids is 1. The van der Waals surface area contributed by atoms with Crippen LogP contribution < -0.4 is 5.32 Å². The first kappa shape index (κ1) is 26.1. The van der Waals surface area contributed by atoms with E-state index in [2.05, 4.69) is 108 Å². The van der Waals surface area contributed by atoms with Crippen molar-refractivity contribution in [2.24, 2.45) is 0 Å². The highest BCUT2D eigenvalue weighted by Gasteiger charge is 2.26. The third kappa shape index (κ3) is 4.38. The standard InChI is InChI=1S/C41H29NO2/c43-41(44)36-23-29-16-8-10-18-34(29)40-38(36)25-42-24-37-35(22-28-15-7-9-17-33(28)39(37)40)32-20-30(26-11-3-1-4-12-26)19-31(21-32)27-13-5-2-6-14-27/h1-23,42H,24-25H2,(H,43,44). The number of aromatic carboxylic acids is 1. The SMILES string of the molecule is O=C(O)c1cc2ccccc2c2c1CNCc1c(-c3cc(-c4ccccc4)cc(-c4ccccc4)c3)cc3ccccc3c1-2. The van der Waals surface area contributed by atoms with E-state index in [9.17, 15) is 9.90 Å². The van der Waals surface area contributed by atoms with E-state index in [-0.39, 0.29) is 0 Å². The highest BCUT2D eigenvalue weighted by atomic mass is 16.4. The molecular weight excluding hydrogens is 538 g/mol. The van der Waals surface area contributed by atoms with Crippen molar-refractivity contribution in [3.05, 3.63) is 156 Å². The number of benzene rings is 7. The van der Waals surface area contributed by atoms with Crippen LogP contribution in [0.2, 0.25) is 0 Å². The first-order chi connectivity index (χ1) is 21.7. The maximum Gasteiger partial charge on any atom is 0.336 e. The average Bonchev–Trinajstić information content (AvgIpc) is 3.29. The quantitative estimate of drug-likeness (QED) is 0.223. The lowest BCUT2D eigenvalue weighted by molar-refractivity contribution is 0.0695. The van der Waals surface area contributed by atoms with E-state index in [0.29, 0.717) is 18.7 Å². The fourth-order valence-corrected chi connectivity index (χ4v) is 6.86. The van der Waals surface area contributed by atoms with Gasteiger partial charge in [0, 0.05) is 13.1 Å². The van der Waals surface area contributed by atoms with E-state index in [0.717, 1.165) is 60.5 Å². The summed E-state index contributed by atoms with van der Waals surface area (Å²) >= 11 is 0. The molecule has 0 aliphatic carbocycles. The van der Waals surface area contributed by atoms with Crippen LogP contribution in [-0.2, 0) is 13.1 Å². The molecule has 0 amide bonds. The summed E-state index contributed by atoms with van der Waals surface area (Å²) in [6.07, 6.45) is 0. The molecule has 0 atom stereocenters. The van der Waals surface area contributed by atoms with Gasteiger partial charge in [-0.05, 0) is 108 Å².